The van der Waals surface area contributed by atoms with Gasteiger partial charge in [-0.1, -0.05) is 6.07 Å². The van der Waals surface area contributed by atoms with Gasteiger partial charge in [0.2, 0.25) is 5.91 Å². The fourth-order valence-corrected chi connectivity index (χ4v) is 2.73. The van der Waals surface area contributed by atoms with Gasteiger partial charge in [-0.05, 0) is 12.1 Å². The van der Waals surface area contributed by atoms with Crippen molar-refractivity contribution in [1.29, 1.82) is 0 Å². The molecule has 0 radical (unpaired) electrons. The maximum Gasteiger partial charge on any atom is 0.234 e. The van der Waals surface area contributed by atoms with Crippen LogP contribution in [0.15, 0.2) is 23.1 Å². The highest BCUT2D eigenvalue weighted by molar-refractivity contribution is 8.00. The van der Waals surface area contributed by atoms with E-state index in [1.165, 1.54) is 11.8 Å². The minimum absolute atomic E-state index is 0.00240. The molecule has 2 heterocycles. The lowest BCUT2D eigenvalue weighted by atomic mass is 9.92. The Labute approximate surface area is 103 Å². The highest BCUT2D eigenvalue weighted by Crippen LogP contribution is 2.32. The van der Waals surface area contributed by atoms with Crippen molar-refractivity contribution in [3.8, 4) is 0 Å². The van der Waals surface area contributed by atoms with Crippen molar-refractivity contribution < 1.29 is 9.59 Å². The summed E-state index contributed by atoms with van der Waals surface area (Å²) in [6.07, 6.45) is 0. The van der Waals surface area contributed by atoms with Crippen molar-refractivity contribution in [2.45, 2.75) is 4.90 Å². The van der Waals surface area contributed by atoms with E-state index in [9.17, 15) is 9.59 Å². The van der Waals surface area contributed by atoms with Gasteiger partial charge in [0.15, 0.2) is 5.78 Å². The van der Waals surface area contributed by atoms with Gasteiger partial charge in [-0.25, -0.2) is 0 Å². The molecule has 0 unspecified atom stereocenters. The Balaban J connectivity index is 1.89. The summed E-state index contributed by atoms with van der Waals surface area (Å²) in [5, 5.41) is 5.89. The van der Waals surface area contributed by atoms with E-state index < -0.39 is 0 Å². The molecule has 88 valence electrons. The molecule has 1 aromatic carbocycles. The van der Waals surface area contributed by atoms with Crippen molar-refractivity contribution in [2.75, 3.05) is 24.2 Å². The number of rotatable bonds is 2. The Bertz CT molecular complexity index is 497. The molecule has 1 fully saturated rings. The fourth-order valence-electron chi connectivity index (χ4n) is 1.95. The molecule has 1 saturated heterocycles. The average molecular weight is 248 g/mol. The molecule has 1 aromatic rings. The van der Waals surface area contributed by atoms with Crippen molar-refractivity contribution in [3.63, 3.8) is 0 Å². The van der Waals surface area contributed by atoms with Crippen LogP contribution in [0.3, 0.4) is 0 Å². The average Bonchev–Trinajstić information content (AvgIpc) is 2.25. The van der Waals surface area contributed by atoms with Crippen LogP contribution < -0.4 is 10.6 Å². The monoisotopic (exact) mass is 248 g/mol. The molecule has 0 aliphatic carbocycles. The number of nitrogens with one attached hydrogen (secondary N) is 2. The molecule has 2 aliphatic rings. The smallest absolute Gasteiger partial charge is 0.234 e. The maximum atomic E-state index is 12.0. The Hall–Kier alpha value is -1.33. The second-order valence-electron chi connectivity index (χ2n) is 4.27. The number of hydrogen-bond donors (Lipinski definition) is 2. The SMILES string of the molecule is O=C1CSc2ccc(C(=O)C3CNC3)cc2N1. The van der Waals surface area contributed by atoms with E-state index in [0.717, 1.165) is 23.7 Å². The van der Waals surface area contributed by atoms with Crippen LogP contribution >= 0.6 is 11.8 Å². The first-order valence-electron chi connectivity index (χ1n) is 5.55. The van der Waals surface area contributed by atoms with E-state index in [0.29, 0.717) is 11.3 Å². The Morgan fingerprint density at radius 1 is 1.35 bits per heavy atom. The van der Waals surface area contributed by atoms with Crippen LogP contribution in [0, 0.1) is 5.92 Å². The molecule has 3 rings (SSSR count). The van der Waals surface area contributed by atoms with E-state index >= 15 is 0 Å². The first-order valence-corrected chi connectivity index (χ1v) is 6.54. The van der Waals surface area contributed by atoms with Gasteiger partial charge < -0.3 is 10.6 Å². The van der Waals surface area contributed by atoms with Gasteiger partial charge in [0.25, 0.3) is 0 Å². The van der Waals surface area contributed by atoms with Crippen molar-refractivity contribution in [3.05, 3.63) is 23.8 Å². The quantitative estimate of drug-likeness (QED) is 0.770. The third kappa shape index (κ3) is 1.96. The van der Waals surface area contributed by atoms with Crippen LogP contribution in [0.25, 0.3) is 0 Å². The van der Waals surface area contributed by atoms with E-state index in [1.54, 1.807) is 6.07 Å². The lowest BCUT2D eigenvalue weighted by Crippen LogP contribution is -2.46. The first-order chi connectivity index (χ1) is 8.24. The minimum atomic E-state index is -0.00240. The summed E-state index contributed by atoms with van der Waals surface area (Å²) in [5.41, 5.74) is 1.46. The Morgan fingerprint density at radius 2 is 2.18 bits per heavy atom. The number of fused-ring (bicyclic) bond motifs is 1. The molecule has 17 heavy (non-hydrogen) atoms. The summed E-state index contributed by atoms with van der Waals surface area (Å²) in [6, 6.07) is 5.56. The van der Waals surface area contributed by atoms with Gasteiger partial charge in [-0.15, -0.1) is 11.8 Å². The predicted molar refractivity (Wildman–Crippen MR) is 66.5 cm³/mol. The van der Waals surface area contributed by atoms with Crippen molar-refractivity contribution in [2.24, 2.45) is 5.92 Å². The second-order valence-corrected chi connectivity index (χ2v) is 5.28. The number of carbonyl (C=O) groups excluding carboxylic acids is 2. The minimum Gasteiger partial charge on any atom is -0.324 e. The molecule has 0 atom stereocenters. The summed E-state index contributed by atoms with van der Waals surface area (Å²) in [4.78, 5) is 24.4. The Kier molecular flexibility index (Phi) is 2.64. The molecule has 5 heteroatoms. The van der Waals surface area contributed by atoms with Crippen LogP contribution in [-0.2, 0) is 4.79 Å². The predicted octanol–water partition coefficient (Wildman–Crippen LogP) is 1.13. The molecular weight excluding hydrogens is 236 g/mol. The van der Waals surface area contributed by atoms with Gasteiger partial charge in [-0.3, -0.25) is 9.59 Å². The largest absolute Gasteiger partial charge is 0.324 e. The zero-order chi connectivity index (χ0) is 11.8. The first kappa shape index (κ1) is 10.8. The van der Waals surface area contributed by atoms with E-state index in [-0.39, 0.29) is 17.6 Å². The molecule has 0 aromatic heterocycles. The number of thioether (sulfide) groups is 1. The fraction of sp³-hybridized carbons (Fsp3) is 0.333. The molecule has 4 nitrogen and oxygen atoms in total. The number of amides is 1. The number of hydrogen-bond acceptors (Lipinski definition) is 4. The number of benzene rings is 1. The van der Waals surface area contributed by atoms with E-state index in [1.807, 2.05) is 12.1 Å². The number of carbonyl (C=O) groups is 2. The third-order valence-corrected chi connectivity index (χ3v) is 4.12. The van der Waals surface area contributed by atoms with Crippen LogP contribution in [0.2, 0.25) is 0 Å². The van der Waals surface area contributed by atoms with Gasteiger partial charge in [0.05, 0.1) is 11.4 Å². The van der Waals surface area contributed by atoms with E-state index in [2.05, 4.69) is 10.6 Å². The molecule has 0 saturated carbocycles. The van der Waals surface area contributed by atoms with Crippen molar-refractivity contribution in [1.82, 2.24) is 5.32 Å². The lowest BCUT2D eigenvalue weighted by molar-refractivity contribution is -0.113. The molecule has 1 amide bonds. The summed E-state index contributed by atoms with van der Waals surface area (Å²) in [5.74, 6) is 0.709. The molecular formula is C12H12N2O2S. The molecule has 0 spiro atoms. The Morgan fingerprint density at radius 3 is 2.88 bits per heavy atom. The third-order valence-electron chi connectivity index (χ3n) is 3.05. The van der Waals surface area contributed by atoms with Gasteiger partial charge in [-0.2, -0.15) is 0 Å². The number of anilines is 1. The second kappa shape index (κ2) is 4.16. The summed E-state index contributed by atoms with van der Waals surface area (Å²) in [7, 11) is 0. The molecule has 2 aliphatic heterocycles. The standard InChI is InChI=1S/C12H12N2O2S/c15-11-6-17-10-2-1-7(3-9(10)14-11)12(16)8-4-13-5-8/h1-3,8,13H,4-6H2,(H,14,15). The maximum absolute atomic E-state index is 12.0. The van der Waals surface area contributed by atoms with Crippen LogP contribution in [0.5, 0.6) is 0 Å². The van der Waals surface area contributed by atoms with Gasteiger partial charge in [0.1, 0.15) is 0 Å². The zero-order valence-corrected chi connectivity index (χ0v) is 9.97. The zero-order valence-electron chi connectivity index (χ0n) is 9.16. The number of Topliss-reactive ketones (excluding diaryl/α,β-unsaturated/α-hetero) is 1. The highest BCUT2D eigenvalue weighted by atomic mass is 32.2. The highest BCUT2D eigenvalue weighted by Gasteiger charge is 2.26. The molecule has 2 N–H and O–H groups in total. The molecule has 0 bridgehead atoms. The topological polar surface area (TPSA) is 58.2 Å². The summed E-state index contributed by atoms with van der Waals surface area (Å²) < 4.78 is 0. The van der Waals surface area contributed by atoms with Gasteiger partial charge >= 0.3 is 0 Å². The summed E-state index contributed by atoms with van der Waals surface area (Å²) in [6.45, 7) is 1.52. The van der Waals surface area contributed by atoms with Crippen LogP contribution in [0.1, 0.15) is 10.4 Å². The number of ketones is 1. The van der Waals surface area contributed by atoms with E-state index in [4.69, 9.17) is 0 Å². The van der Waals surface area contributed by atoms with Crippen LogP contribution in [-0.4, -0.2) is 30.5 Å². The van der Waals surface area contributed by atoms with Gasteiger partial charge in [0, 0.05) is 29.5 Å². The van der Waals surface area contributed by atoms with Crippen molar-refractivity contribution >= 4 is 29.1 Å². The lowest BCUT2D eigenvalue weighted by Gasteiger charge is -2.26. The summed E-state index contributed by atoms with van der Waals surface area (Å²) >= 11 is 1.51. The van der Waals surface area contributed by atoms with Crippen LogP contribution in [0.4, 0.5) is 5.69 Å². The normalized spacial score (nSPS) is 19.2.